The van der Waals surface area contributed by atoms with Crippen LogP contribution >= 0.6 is 0 Å². The quantitative estimate of drug-likeness (QED) is 0.694. The van der Waals surface area contributed by atoms with Crippen molar-refractivity contribution < 1.29 is 13.2 Å². The fraction of sp³-hybridized carbons (Fsp3) is 0.526. The molecule has 1 amide bonds. The Labute approximate surface area is 151 Å². The number of allylic oxidation sites excluding steroid dienone is 1. The van der Waals surface area contributed by atoms with E-state index in [4.69, 9.17) is 0 Å². The number of hydrogen-bond acceptors (Lipinski definition) is 3. The van der Waals surface area contributed by atoms with E-state index >= 15 is 0 Å². The van der Waals surface area contributed by atoms with Crippen LogP contribution in [0.1, 0.15) is 62.7 Å². The lowest BCUT2D eigenvalue weighted by Crippen LogP contribution is -2.32. The van der Waals surface area contributed by atoms with Crippen molar-refractivity contribution in [2.24, 2.45) is 0 Å². The molecule has 1 atom stereocenters. The molecule has 0 aliphatic heterocycles. The van der Waals surface area contributed by atoms with Crippen molar-refractivity contribution in [1.29, 1.82) is 0 Å². The van der Waals surface area contributed by atoms with Crippen LogP contribution in [0.25, 0.3) is 0 Å². The lowest BCUT2D eigenvalue weighted by molar-refractivity contribution is 0.0939. The van der Waals surface area contributed by atoms with Crippen molar-refractivity contribution >= 4 is 15.9 Å². The Hall–Kier alpha value is -1.66. The molecule has 0 spiro atoms. The number of sulfonamides is 1. The van der Waals surface area contributed by atoms with Crippen LogP contribution in [-0.2, 0) is 10.0 Å². The molecule has 1 aromatic rings. The molecule has 0 aromatic heterocycles. The lowest BCUT2D eigenvalue weighted by Gasteiger charge is -2.13. The Kier molecular flexibility index (Phi) is 7.20. The third-order valence-corrected chi connectivity index (χ3v) is 6.02. The van der Waals surface area contributed by atoms with Crippen molar-refractivity contribution in [3.63, 3.8) is 0 Å². The average Bonchev–Trinajstić information content (AvgIpc) is 2.62. The third kappa shape index (κ3) is 5.97. The molecule has 1 aromatic carbocycles. The SMILES string of the molecule is CCC(C)NC(=O)c1ccc(S(=O)(=O)NCCC2=CCCCC2)cc1. The van der Waals surface area contributed by atoms with Crippen LogP contribution in [0.3, 0.4) is 0 Å². The predicted octanol–water partition coefficient (Wildman–Crippen LogP) is 3.38. The summed E-state index contributed by atoms with van der Waals surface area (Å²) in [6, 6.07) is 6.15. The Balaban J connectivity index is 1.92. The molecule has 0 saturated heterocycles. The van der Waals surface area contributed by atoms with E-state index in [9.17, 15) is 13.2 Å². The van der Waals surface area contributed by atoms with E-state index in [-0.39, 0.29) is 16.8 Å². The van der Waals surface area contributed by atoms with Gasteiger partial charge in [0, 0.05) is 18.2 Å². The summed E-state index contributed by atoms with van der Waals surface area (Å²) in [5.41, 5.74) is 1.80. The molecule has 0 fully saturated rings. The number of carbonyl (C=O) groups is 1. The first-order chi connectivity index (χ1) is 11.9. The van der Waals surface area contributed by atoms with E-state index in [0.717, 1.165) is 25.7 Å². The average molecular weight is 365 g/mol. The molecular weight excluding hydrogens is 336 g/mol. The molecule has 0 radical (unpaired) electrons. The second-order valence-corrected chi connectivity index (χ2v) is 8.33. The second kappa shape index (κ2) is 9.15. The summed E-state index contributed by atoms with van der Waals surface area (Å²) in [6.45, 7) is 4.34. The monoisotopic (exact) mass is 364 g/mol. The maximum Gasteiger partial charge on any atom is 0.251 e. The van der Waals surface area contributed by atoms with Gasteiger partial charge in [0.2, 0.25) is 10.0 Å². The number of nitrogens with one attached hydrogen (secondary N) is 2. The maximum atomic E-state index is 12.3. The van der Waals surface area contributed by atoms with E-state index < -0.39 is 10.0 Å². The maximum absolute atomic E-state index is 12.3. The van der Waals surface area contributed by atoms with E-state index in [1.54, 1.807) is 12.1 Å². The fourth-order valence-electron chi connectivity index (χ4n) is 2.76. The smallest absolute Gasteiger partial charge is 0.251 e. The molecule has 0 heterocycles. The lowest BCUT2D eigenvalue weighted by atomic mass is 9.97. The van der Waals surface area contributed by atoms with Gasteiger partial charge < -0.3 is 5.32 Å². The molecule has 2 N–H and O–H groups in total. The minimum absolute atomic E-state index is 0.0895. The van der Waals surface area contributed by atoms with Crippen molar-refractivity contribution in [3.05, 3.63) is 41.5 Å². The van der Waals surface area contributed by atoms with Crippen molar-refractivity contribution in [2.75, 3.05) is 6.54 Å². The number of carbonyl (C=O) groups excluding carboxylic acids is 1. The second-order valence-electron chi connectivity index (χ2n) is 6.56. The Bertz CT molecular complexity index is 709. The zero-order valence-electron chi connectivity index (χ0n) is 15.0. The van der Waals surface area contributed by atoms with Gasteiger partial charge in [-0.2, -0.15) is 0 Å². The molecule has 1 aliphatic carbocycles. The van der Waals surface area contributed by atoms with Gasteiger partial charge in [-0.05, 0) is 69.7 Å². The molecule has 25 heavy (non-hydrogen) atoms. The molecule has 5 nitrogen and oxygen atoms in total. The van der Waals surface area contributed by atoms with Crippen LogP contribution in [0.2, 0.25) is 0 Å². The first-order valence-corrected chi connectivity index (χ1v) is 10.5. The van der Waals surface area contributed by atoms with Crippen molar-refractivity contribution in [1.82, 2.24) is 10.0 Å². The molecule has 6 heteroatoms. The predicted molar refractivity (Wildman–Crippen MR) is 100 cm³/mol. The summed E-state index contributed by atoms with van der Waals surface area (Å²) >= 11 is 0. The highest BCUT2D eigenvalue weighted by atomic mass is 32.2. The van der Waals surface area contributed by atoms with E-state index in [0.29, 0.717) is 12.1 Å². The van der Waals surface area contributed by atoms with Crippen LogP contribution in [0, 0.1) is 0 Å². The zero-order chi connectivity index (χ0) is 18.3. The molecule has 138 valence electrons. The summed E-state index contributed by atoms with van der Waals surface area (Å²) in [7, 11) is -3.54. The summed E-state index contributed by atoms with van der Waals surface area (Å²) in [6.07, 6.45) is 8.42. The Morgan fingerprint density at radius 3 is 2.52 bits per heavy atom. The van der Waals surface area contributed by atoms with Crippen LogP contribution in [0.15, 0.2) is 40.8 Å². The standard InChI is InChI=1S/C19H28N2O3S/c1-3-15(2)21-19(22)17-9-11-18(12-10-17)25(23,24)20-14-13-16-7-5-4-6-8-16/h7,9-12,15,20H,3-6,8,13-14H2,1-2H3,(H,21,22). The fourth-order valence-corrected chi connectivity index (χ4v) is 3.79. The van der Waals surface area contributed by atoms with Crippen LogP contribution in [-0.4, -0.2) is 26.9 Å². The van der Waals surface area contributed by atoms with Gasteiger partial charge in [-0.1, -0.05) is 18.6 Å². The number of rotatable bonds is 8. The Morgan fingerprint density at radius 2 is 1.92 bits per heavy atom. The highest BCUT2D eigenvalue weighted by molar-refractivity contribution is 7.89. The molecule has 1 unspecified atom stereocenters. The summed E-state index contributed by atoms with van der Waals surface area (Å²) in [5, 5.41) is 2.86. The van der Waals surface area contributed by atoms with Gasteiger partial charge in [0.1, 0.15) is 0 Å². The van der Waals surface area contributed by atoms with Gasteiger partial charge in [0.15, 0.2) is 0 Å². The topological polar surface area (TPSA) is 75.3 Å². The van der Waals surface area contributed by atoms with Gasteiger partial charge >= 0.3 is 0 Å². The van der Waals surface area contributed by atoms with E-state index in [1.165, 1.54) is 30.5 Å². The molecule has 2 rings (SSSR count). The normalized spacial score (nSPS) is 16.2. The number of hydrogen-bond donors (Lipinski definition) is 2. The van der Waals surface area contributed by atoms with Crippen LogP contribution in [0.5, 0.6) is 0 Å². The van der Waals surface area contributed by atoms with Gasteiger partial charge in [0.25, 0.3) is 5.91 Å². The minimum Gasteiger partial charge on any atom is -0.350 e. The first kappa shape index (κ1) is 19.7. The highest BCUT2D eigenvalue weighted by Gasteiger charge is 2.15. The number of benzene rings is 1. The third-order valence-electron chi connectivity index (χ3n) is 4.54. The zero-order valence-corrected chi connectivity index (χ0v) is 15.9. The molecule has 0 saturated carbocycles. The number of amides is 1. The molecule has 0 bridgehead atoms. The van der Waals surface area contributed by atoms with Gasteiger partial charge in [-0.15, -0.1) is 0 Å². The van der Waals surface area contributed by atoms with E-state index in [2.05, 4.69) is 16.1 Å². The van der Waals surface area contributed by atoms with Gasteiger partial charge in [-0.25, -0.2) is 13.1 Å². The summed E-state index contributed by atoms with van der Waals surface area (Å²) in [4.78, 5) is 12.2. The summed E-state index contributed by atoms with van der Waals surface area (Å²) in [5.74, 6) is -0.185. The Morgan fingerprint density at radius 1 is 1.20 bits per heavy atom. The molecule has 1 aliphatic rings. The largest absolute Gasteiger partial charge is 0.350 e. The van der Waals surface area contributed by atoms with E-state index in [1.807, 2.05) is 13.8 Å². The van der Waals surface area contributed by atoms with Gasteiger partial charge in [0.05, 0.1) is 4.90 Å². The van der Waals surface area contributed by atoms with Crippen LogP contribution in [0.4, 0.5) is 0 Å². The van der Waals surface area contributed by atoms with Crippen molar-refractivity contribution in [2.45, 2.75) is 63.3 Å². The highest BCUT2D eigenvalue weighted by Crippen LogP contribution is 2.19. The molecular formula is C19H28N2O3S. The van der Waals surface area contributed by atoms with Crippen molar-refractivity contribution in [3.8, 4) is 0 Å². The first-order valence-electron chi connectivity index (χ1n) is 9.01. The van der Waals surface area contributed by atoms with Gasteiger partial charge in [-0.3, -0.25) is 4.79 Å². The minimum atomic E-state index is -3.54. The summed E-state index contributed by atoms with van der Waals surface area (Å²) < 4.78 is 27.3. The van der Waals surface area contributed by atoms with Crippen LogP contribution < -0.4 is 10.0 Å².